The van der Waals surface area contributed by atoms with Gasteiger partial charge in [-0.15, -0.1) is 0 Å². The lowest BCUT2D eigenvalue weighted by Gasteiger charge is -2.33. The van der Waals surface area contributed by atoms with Crippen LogP contribution in [0.3, 0.4) is 0 Å². The molecule has 0 heterocycles. The van der Waals surface area contributed by atoms with Gasteiger partial charge in [-0.2, -0.15) is 8.78 Å². The zero-order chi connectivity index (χ0) is 20.4. The normalized spacial score (nSPS) is 26.6. The number of halogens is 5. The second-order valence-corrected chi connectivity index (χ2v) is 7.82. The smallest absolute Gasteiger partial charge is 0.313 e. The second-order valence-electron chi connectivity index (χ2n) is 7.82. The molecule has 0 aromatic rings. The third-order valence-corrected chi connectivity index (χ3v) is 5.23. The lowest BCUT2D eigenvalue weighted by molar-refractivity contribution is -0.288. The summed E-state index contributed by atoms with van der Waals surface area (Å²) in [6.45, 7) is 3.91. The van der Waals surface area contributed by atoms with Gasteiger partial charge in [0.1, 0.15) is 5.83 Å². The molecule has 158 valence electrons. The van der Waals surface area contributed by atoms with Gasteiger partial charge in [0.15, 0.2) is 11.7 Å². The molecule has 6 heteroatoms. The van der Waals surface area contributed by atoms with Gasteiger partial charge in [-0.3, -0.25) is 0 Å². The molecule has 0 aromatic carbocycles. The number of alkyl halides is 2. The highest BCUT2D eigenvalue weighted by Crippen LogP contribution is 2.40. The van der Waals surface area contributed by atoms with Crippen LogP contribution in [0.4, 0.5) is 22.0 Å². The molecule has 0 N–H and O–H groups in total. The second kappa shape index (κ2) is 11.8. The van der Waals surface area contributed by atoms with Gasteiger partial charge in [0, 0.05) is 0 Å². The Kier molecular flexibility index (Phi) is 10.6. The molecule has 0 saturated heterocycles. The van der Waals surface area contributed by atoms with Crippen LogP contribution in [-0.4, -0.2) is 12.2 Å². The number of ether oxygens (including phenoxy) is 1. The summed E-state index contributed by atoms with van der Waals surface area (Å²) in [5.74, 6) is -5.07. The van der Waals surface area contributed by atoms with Crippen LogP contribution in [0, 0.1) is 11.8 Å². The van der Waals surface area contributed by atoms with E-state index in [4.69, 9.17) is 0 Å². The van der Waals surface area contributed by atoms with E-state index in [0.29, 0.717) is 37.7 Å². The monoisotopic (exact) mass is 396 g/mol. The minimum Gasteiger partial charge on any atom is -0.313 e. The summed E-state index contributed by atoms with van der Waals surface area (Å²) in [4.78, 5) is 0. The minimum atomic E-state index is -3.40. The first-order valence-corrected chi connectivity index (χ1v) is 10.1. The predicted molar refractivity (Wildman–Crippen MR) is 98.4 cm³/mol. The average molecular weight is 396 g/mol. The summed E-state index contributed by atoms with van der Waals surface area (Å²) in [5.41, 5.74) is 0. The highest BCUT2D eigenvalue weighted by Gasteiger charge is 2.43. The van der Waals surface area contributed by atoms with Gasteiger partial charge in [-0.25, -0.2) is 13.2 Å². The quantitative estimate of drug-likeness (QED) is 0.336. The number of allylic oxidation sites excluding steroid dienone is 3. The Balaban J connectivity index is 0.000000511. The molecule has 2 fully saturated rings. The van der Waals surface area contributed by atoms with Crippen molar-refractivity contribution in [2.24, 2.45) is 11.8 Å². The maximum absolute atomic E-state index is 13.9. The molecule has 2 saturated carbocycles. The molecule has 0 spiro atoms. The van der Waals surface area contributed by atoms with Gasteiger partial charge in [0.25, 0.3) is 0 Å². The van der Waals surface area contributed by atoms with Crippen LogP contribution in [-0.2, 0) is 4.74 Å². The standard InChI is InChI=1S/C15H21F5O.C6H12/c1-9-4-6-12(7-5-9)15(19,20)21-10(2)8-13(17)14(18)11(3)16;1-2-4-6-5-3-1/h8-10,12H,4-7H2,1-3H3;1-6H2/b13-8+,14-11-;. The predicted octanol–water partition coefficient (Wildman–Crippen LogP) is 8.18. The summed E-state index contributed by atoms with van der Waals surface area (Å²) in [6.07, 6.45) is 6.82. The van der Waals surface area contributed by atoms with E-state index in [1.165, 1.54) is 45.4 Å². The molecule has 2 aliphatic carbocycles. The van der Waals surface area contributed by atoms with Crippen LogP contribution >= 0.6 is 0 Å². The number of hydrogen-bond acceptors (Lipinski definition) is 1. The lowest BCUT2D eigenvalue weighted by Crippen LogP contribution is -2.36. The summed E-state index contributed by atoms with van der Waals surface area (Å²) in [6, 6.07) is 0. The van der Waals surface area contributed by atoms with E-state index in [9.17, 15) is 22.0 Å². The zero-order valence-corrected chi connectivity index (χ0v) is 16.7. The fourth-order valence-corrected chi connectivity index (χ4v) is 3.48. The highest BCUT2D eigenvalue weighted by atomic mass is 19.3. The molecule has 1 unspecified atom stereocenters. The Morgan fingerprint density at radius 2 is 1.37 bits per heavy atom. The van der Waals surface area contributed by atoms with Gasteiger partial charge in [0.2, 0.25) is 0 Å². The molecule has 2 aliphatic rings. The lowest BCUT2D eigenvalue weighted by atomic mass is 9.82. The fraction of sp³-hybridized carbons (Fsp3) is 0.810. The van der Waals surface area contributed by atoms with Crippen molar-refractivity contribution < 1.29 is 26.7 Å². The first-order valence-electron chi connectivity index (χ1n) is 10.1. The van der Waals surface area contributed by atoms with Crippen molar-refractivity contribution in [1.82, 2.24) is 0 Å². The SMILES string of the molecule is C/C(F)=C(F)\C(F)=C/C(C)OC(F)(F)C1CCC(C)CC1.C1CCCCC1. The molecule has 0 aromatic heterocycles. The van der Waals surface area contributed by atoms with Crippen molar-refractivity contribution >= 4 is 0 Å². The Bertz CT molecular complexity index is 473. The van der Waals surface area contributed by atoms with E-state index in [-0.39, 0.29) is 0 Å². The number of hydrogen-bond donors (Lipinski definition) is 0. The van der Waals surface area contributed by atoms with Crippen LogP contribution in [0.2, 0.25) is 0 Å². The average Bonchev–Trinajstić information content (AvgIpc) is 2.62. The Hall–Kier alpha value is -0.910. The van der Waals surface area contributed by atoms with Crippen molar-refractivity contribution in [3.05, 3.63) is 23.6 Å². The Morgan fingerprint density at radius 1 is 0.926 bits per heavy atom. The Labute approximate surface area is 160 Å². The van der Waals surface area contributed by atoms with Crippen molar-refractivity contribution in [3.8, 4) is 0 Å². The molecular weight excluding hydrogens is 363 g/mol. The third-order valence-electron chi connectivity index (χ3n) is 5.23. The van der Waals surface area contributed by atoms with E-state index in [2.05, 4.69) is 4.74 Å². The maximum atomic E-state index is 13.9. The van der Waals surface area contributed by atoms with E-state index >= 15 is 0 Å². The summed E-state index contributed by atoms with van der Waals surface area (Å²) in [7, 11) is 0. The molecular formula is C21H33F5O. The van der Waals surface area contributed by atoms with Crippen LogP contribution in [0.25, 0.3) is 0 Å². The number of rotatable bonds is 5. The van der Waals surface area contributed by atoms with Crippen LogP contribution in [0.5, 0.6) is 0 Å². The Morgan fingerprint density at radius 3 is 1.78 bits per heavy atom. The molecule has 1 atom stereocenters. The van der Waals surface area contributed by atoms with Crippen molar-refractivity contribution in [1.29, 1.82) is 0 Å². The molecule has 2 rings (SSSR count). The summed E-state index contributed by atoms with van der Waals surface area (Å²) in [5, 5.41) is 0. The largest absolute Gasteiger partial charge is 0.359 e. The van der Waals surface area contributed by atoms with Crippen LogP contribution in [0.15, 0.2) is 23.6 Å². The van der Waals surface area contributed by atoms with Gasteiger partial charge in [-0.05, 0) is 38.7 Å². The first-order chi connectivity index (χ1) is 12.6. The van der Waals surface area contributed by atoms with E-state index in [1.807, 2.05) is 6.92 Å². The molecule has 0 radical (unpaired) electrons. The highest BCUT2D eigenvalue weighted by molar-refractivity contribution is 5.21. The van der Waals surface area contributed by atoms with Crippen molar-refractivity contribution in [2.45, 2.75) is 97.2 Å². The minimum absolute atomic E-state index is 0.338. The van der Waals surface area contributed by atoms with Crippen LogP contribution in [0.1, 0.15) is 85.0 Å². The van der Waals surface area contributed by atoms with Crippen LogP contribution < -0.4 is 0 Å². The van der Waals surface area contributed by atoms with Gasteiger partial charge in [-0.1, -0.05) is 58.3 Å². The first kappa shape index (κ1) is 24.1. The van der Waals surface area contributed by atoms with Gasteiger partial charge in [0.05, 0.1) is 12.0 Å². The zero-order valence-electron chi connectivity index (χ0n) is 16.7. The third kappa shape index (κ3) is 9.22. The van der Waals surface area contributed by atoms with E-state index in [1.54, 1.807) is 0 Å². The molecule has 27 heavy (non-hydrogen) atoms. The molecule has 0 aliphatic heterocycles. The fourth-order valence-electron chi connectivity index (χ4n) is 3.48. The molecule has 0 amide bonds. The maximum Gasteiger partial charge on any atom is 0.359 e. The summed E-state index contributed by atoms with van der Waals surface area (Å²) < 4.78 is 71.1. The van der Waals surface area contributed by atoms with Gasteiger partial charge >= 0.3 is 6.11 Å². The molecule has 0 bridgehead atoms. The van der Waals surface area contributed by atoms with Gasteiger partial charge < -0.3 is 4.74 Å². The molecule has 1 nitrogen and oxygen atoms in total. The summed E-state index contributed by atoms with van der Waals surface area (Å²) >= 11 is 0. The topological polar surface area (TPSA) is 9.23 Å². The van der Waals surface area contributed by atoms with E-state index < -0.39 is 35.6 Å². The van der Waals surface area contributed by atoms with Crippen molar-refractivity contribution in [2.75, 3.05) is 0 Å². The van der Waals surface area contributed by atoms with E-state index in [0.717, 1.165) is 6.92 Å². The van der Waals surface area contributed by atoms with Crippen molar-refractivity contribution in [3.63, 3.8) is 0 Å².